The lowest BCUT2D eigenvalue weighted by Crippen LogP contribution is -2.35. The van der Waals surface area contributed by atoms with Crippen molar-refractivity contribution in [3.05, 3.63) is 46.5 Å². The fraction of sp³-hybridized carbons (Fsp3) is 0.333. The van der Waals surface area contributed by atoms with Crippen molar-refractivity contribution in [3.63, 3.8) is 0 Å². The van der Waals surface area contributed by atoms with Crippen molar-refractivity contribution in [2.45, 2.75) is 18.9 Å². The van der Waals surface area contributed by atoms with Gasteiger partial charge in [-0.05, 0) is 25.0 Å². The highest BCUT2D eigenvalue weighted by Gasteiger charge is 2.21. The van der Waals surface area contributed by atoms with Gasteiger partial charge in [0, 0.05) is 30.2 Å². The average Bonchev–Trinajstić information content (AvgIpc) is 2.47. The minimum atomic E-state index is -0.341. The molecule has 0 aliphatic carbocycles. The van der Waals surface area contributed by atoms with Gasteiger partial charge in [-0.3, -0.25) is 10.1 Å². The lowest BCUT2D eigenvalue weighted by molar-refractivity contribution is -0.383. The molecule has 20 heavy (non-hydrogen) atoms. The first-order chi connectivity index (χ1) is 9.66. The molecule has 0 unspecified atom stereocenters. The highest BCUT2D eigenvalue weighted by Crippen LogP contribution is 2.34. The zero-order valence-electron chi connectivity index (χ0n) is 11.0. The Kier molecular flexibility index (Phi) is 3.28. The van der Waals surface area contributed by atoms with E-state index in [1.54, 1.807) is 12.1 Å². The normalized spacial score (nSPS) is 16.6. The molecule has 0 spiro atoms. The molecular formula is C15H16N2O3. The summed E-state index contributed by atoms with van der Waals surface area (Å²) < 4.78 is 0. The minimum Gasteiger partial charge on any atom is -0.393 e. The third-order valence-corrected chi connectivity index (χ3v) is 3.88. The van der Waals surface area contributed by atoms with E-state index < -0.39 is 0 Å². The number of rotatable bonds is 2. The van der Waals surface area contributed by atoms with Gasteiger partial charge in [-0.2, -0.15) is 0 Å². The molecule has 1 saturated heterocycles. The molecular weight excluding hydrogens is 256 g/mol. The molecule has 2 aromatic carbocycles. The molecule has 1 aliphatic rings. The summed E-state index contributed by atoms with van der Waals surface area (Å²) in [6.45, 7) is 1.56. The number of hydrogen-bond acceptors (Lipinski definition) is 4. The van der Waals surface area contributed by atoms with Gasteiger partial charge in [-0.15, -0.1) is 0 Å². The van der Waals surface area contributed by atoms with E-state index in [9.17, 15) is 15.2 Å². The summed E-state index contributed by atoms with van der Waals surface area (Å²) in [7, 11) is 0. The van der Waals surface area contributed by atoms with Crippen LogP contribution in [0.5, 0.6) is 0 Å². The van der Waals surface area contributed by atoms with Crippen molar-refractivity contribution in [2.75, 3.05) is 18.0 Å². The molecule has 0 amide bonds. The third kappa shape index (κ3) is 2.20. The molecule has 0 bridgehead atoms. The Labute approximate surface area is 116 Å². The summed E-state index contributed by atoms with van der Waals surface area (Å²) in [5, 5.41) is 22.3. The topological polar surface area (TPSA) is 66.6 Å². The van der Waals surface area contributed by atoms with Crippen molar-refractivity contribution in [2.24, 2.45) is 0 Å². The van der Waals surface area contributed by atoms with Gasteiger partial charge in [0.2, 0.25) is 0 Å². The van der Waals surface area contributed by atoms with Gasteiger partial charge >= 0.3 is 0 Å². The van der Waals surface area contributed by atoms with Gasteiger partial charge in [0.1, 0.15) is 0 Å². The number of hydrogen-bond donors (Lipinski definition) is 1. The molecule has 0 saturated carbocycles. The van der Waals surface area contributed by atoms with Crippen LogP contribution < -0.4 is 4.90 Å². The van der Waals surface area contributed by atoms with Crippen LogP contribution in [-0.2, 0) is 0 Å². The molecule has 1 aliphatic heterocycles. The zero-order valence-corrected chi connectivity index (χ0v) is 11.0. The smallest absolute Gasteiger partial charge is 0.277 e. The molecule has 1 heterocycles. The van der Waals surface area contributed by atoms with Gasteiger partial charge in [-0.25, -0.2) is 0 Å². The molecule has 5 heteroatoms. The van der Waals surface area contributed by atoms with Crippen LogP contribution in [0.1, 0.15) is 12.8 Å². The number of non-ortho nitro benzene ring substituents is 1. The van der Waals surface area contributed by atoms with Crippen molar-refractivity contribution in [1.29, 1.82) is 0 Å². The van der Waals surface area contributed by atoms with Crippen molar-refractivity contribution in [1.82, 2.24) is 0 Å². The van der Waals surface area contributed by atoms with Crippen LogP contribution in [0.3, 0.4) is 0 Å². The minimum absolute atomic E-state index is 0.140. The first kappa shape index (κ1) is 12.9. The second-order valence-corrected chi connectivity index (χ2v) is 5.12. The molecule has 5 nitrogen and oxygen atoms in total. The maximum atomic E-state index is 11.1. The number of aliphatic hydroxyl groups is 1. The van der Waals surface area contributed by atoms with Crippen LogP contribution in [0.4, 0.5) is 11.4 Å². The Bertz CT molecular complexity index is 649. The standard InChI is InChI=1S/C15H16N2O3/c18-11-7-9-16(10-8-11)14-5-6-15(17(19)20)13-4-2-1-3-12(13)14/h1-6,11,18H,7-10H2. The highest BCUT2D eigenvalue weighted by molar-refractivity contribution is 6.00. The van der Waals surface area contributed by atoms with Gasteiger partial charge in [0.25, 0.3) is 5.69 Å². The summed E-state index contributed by atoms with van der Waals surface area (Å²) >= 11 is 0. The molecule has 104 valence electrons. The van der Waals surface area contributed by atoms with Crippen LogP contribution >= 0.6 is 0 Å². The summed E-state index contributed by atoms with van der Waals surface area (Å²) in [4.78, 5) is 13.0. The number of benzene rings is 2. The van der Waals surface area contributed by atoms with Crippen LogP contribution in [0.2, 0.25) is 0 Å². The number of piperidine rings is 1. The predicted molar refractivity (Wildman–Crippen MR) is 78.1 cm³/mol. The fourth-order valence-corrected chi connectivity index (χ4v) is 2.81. The molecule has 2 aromatic rings. The second kappa shape index (κ2) is 5.09. The molecule has 0 atom stereocenters. The van der Waals surface area contributed by atoms with Crippen molar-refractivity contribution in [3.8, 4) is 0 Å². The molecule has 3 rings (SSSR count). The number of nitrogens with zero attached hydrogens (tertiary/aromatic N) is 2. The van der Waals surface area contributed by atoms with Crippen molar-refractivity contribution >= 4 is 22.1 Å². The second-order valence-electron chi connectivity index (χ2n) is 5.12. The molecule has 1 fully saturated rings. The monoisotopic (exact) mass is 272 g/mol. The van der Waals surface area contributed by atoms with Gasteiger partial charge in [0.15, 0.2) is 0 Å². The van der Waals surface area contributed by atoms with Crippen LogP contribution in [-0.4, -0.2) is 29.2 Å². The maximum Gasteiger partial charge on any atom is 0.277 e. The van der Waals surface area contributed by atoms with E-state index in [0.29, 0.717) is 5.39 Å². The first-order valence-corrected chi connectivity index (χ1v) is 6.76. The van der Waals surface area contributed by atoms with Gasteiger partial charge < -0.3 is 10.0 Å². The number of fused-ring (bicyclic) bond motifs is 1. The molecule has 0 radical (unpaired) electrons. The lowest BCUT2D eigenvalue weighted by Gasteiger charge is -2.32. The van der Waals surface area contributed by atoms with E-state index in [1.165, 1.54) is 0 Å². The van der Waals surface area contributed by atoms with E-state index in [1.807, 2.05) is 24.3 Å². The van der Waals surface area contributed by atoms with E-state index in [-0.39, 0.29) is 16.7 Å². The van der Waals surface area contributed by atoms with Crippen LogP contribution in [0.25, 0.3) is 10.8 Å². The van der Waals surface area contributed by atoms with Crippen LogP contribution in [0.15, 0.2) is 36.4 Å². The fourth-order valence-electron chi connectivity index (χ4n) is 2.81. The number of nitro groups is 1. The summed E-state index contributed by atoms with van der Waals surface area (Å²) in [6.07, 6.45) is 1.26. The number of nitro benzene ring substituents is 1. The SMILES string of the molecule is O=[N+]([O-])c1ccc(N2CCC(O)CC2)c2ccccc12. The van der Waals surface area contributed by atoms with E-state index >= 15 is 0 Å². The highest BCUT2D eigenvalue weighted by atomic mass is 16.6. The summed E-state index contributed by atoms with van der Waals surface area (Å²) in [5.74, 6) is 0. The molecule has 1 N–H and O–H groups in total. The number of aliphatic hydroxyl groups excluding tert-OH is 1. The Balaban J connectivity index is 2.08. The van der Waals surface area contributed by atoms with E-state index in [2.05, 4.69) is 4.90 Å². The zero-order chi connectivity index (χ0) is 14.1. The van der Waals surface area contributed by atoms with E-state index in [0.717, 1.165) is 37.0 Å². The van der Waals surface area contributed by atoms with Gasteiger partial charge in [-0.1, -0.05) is 18.2 Å². The Morgan fingerprint density at radius 2 is 1.75 bits per heavy atom. The van der Waals surface area contributed by atoms with E-state index in [4.69, 9.17) is 0 Å². The lowest BCUT2D eigenvalue weighted by atomic mass is 10.0. The van der Waals surface area contributed by atoms with Crippen LogP contribution in [0, 0.1) is 10.1 Å². The van der Waals surface area contributed by atoms with Crippen molar-refractivity contribution < 1.29 is 10.0 Å². The number of anilines is 1. The third-order valence-electron chi connectivity index (χ3n) is 3.88. The first-order valence-electron chi connectivity index (χ1n) is 6.76. The Morgan fingerprint density at radius 1 is 1.10 bits per heavy atom. The quantitative estimate of drug-likeness (QED) is 0.674. The Morgan fingerprint density at radius 3 is 2.40 bits per heavy atom. The maximum absolute atomic E-state index is 11.1. The average molecular weight is 272 g/mol. The Hall–Kier alpha value is -2.14. The largest absolute Gasteiger partial charge is 0.393 e. The summed E-state index contributed by atoms with van der Waals surface area (Å²) in [6, 6.07) is 10.8. The summed E-state index contributed by atoms with van der Waals surface area (Å²) in [5.41, 5.74) is 1.15. The molecule has 0 aromatic heterocycles. The van der Waals surface area contributed by atoms with Gasteiger partial charge in [0.05, 0.1) is 16.4 Å². The predicted octanol–water partition coefficient (Wildman–Crippen LogP) is 2.71.